The van der Waals surface area contributed by atoms with Gasteiger partial charge in [-0.15, -0.1) is 0 Å². The van der Waals surface area contributed by atoms with Crippen LogP contribution in [0.4, 0.5) is 4.39 Å². The number of amides is 1. The van der Waals surface area contributed by atoms with Gasteiger partial charge in [-0.1, -0.05) is 0 Å². The van der Waals surface area contributed by atoms with Crippen molar-refractivity contribution in [1.82, 2.24) is 9.80 Å². The van der Waals surface area contributed by atoms with Gasteiger partial charge in [0, 0.05) is 32.2 Å². The number of hydrogen-bond acceptors (Lipinski definition) is 3. The molecule has 1 fully saturated rings. The van der Waals surface area contributed by atoms with Crippen molar-refractivity contribution in [3.05, 3.63) is 35.1 Å². The maximum atomic E-state index is 13.6. The van der Waals surface area contributed by atoms with Gasteiger partial charge < -0.3 is 10.0 Å². The highest BCUT2D eigenvalue weighted by molar-refractivity contribution is 5.87. The van der Waals surface area contributed by atoms with Crippen LogP contribution in [0.15, 0.2) is 18.2 Å². The predicted molar refractivity (Wildman–Crippen MR) is 66.3 cm³/mol. The number of aromatic carboxylic acids is 1. The van der Waals surface area contributed by atoms with Gasteiger partial charge in [-0.3, -0.25) is 9.69 Å². The summed E-state index contributed by atoms with van der Waals surface area (Å²) in [6.45, 7) is 1.72. The number of carbonyl (C=O) groups excluding carboxylic acids is 1. The summed E-state index contributed by atoms with van der Waals surface area (Å²) in [7, 11) is 1.73. The first-order valence-electron chi connectivity index (χ1n) is 5.95. The fourth-order valence-corrected chi connectivity index (χ4v) is 2.01. The van der Waals surface area contributed by atoms with Crippen LogP contribution < -0.4 is 0 Å². The maximum Gasteiger partial charge on any atom is 0.335 e. The lowest BCUT2D eigenvalue weighted by molar-refractivity contribution is -0.134. The van der Waals surface area contributed by atoms with Crippen LogP contribution in [-0.2, 0) is 11.3 Å². The molecule has 0 saturated carbocycles. The standard InChI is InChI=1S/C13H15FN2O3/c1-15-4-5-16(8-12(15)17)7-10-6-9(13(18)19)2-3-11(10)14/h2-3,6H,4-5,7-8H2,1H3,(H,18,19). The summed E-state index contributed by atoms with van der Waals surface area (Å²) in [4.78, 5) is 25.8. The van der Waals surface area contributed by atoms with Gasteiger partial charge in [-0.2, -0.15) is 0 Å². The van der Waals surface area contributed by atoms with Crippen LogP contribution in [0, 0.1) is 5.82 Å². The van der Waals surface area contributed by atoms with Crippen molar-refractivity contribution in [3.8, 4) is 0 Å². The summed E-state index contributed by atoms with van der Waals surface area (Å²) in [5.41, 5.74) is 0.356. The second-order valence-corrected chi connectivity index (χ2v) is 4.64. The van der Waals surface area contributed by atoms with E-state index in [9.17, 15) is 14.0 Å². The molecule has 1 heterocycles. The minimum Gasteiger partial charge on any atom is -0.478 e. The highest BCUT2D eigenvalue weighted by Crippen LogP contribution is 2.14. The number of carboxylic acid groups (broad SMARTS) is 1. The predicted octanol–water partition coefficient (Wildman–Crippen LogP) is 0.798. The smallest absolute Gasteiger partial charge is 0.335 e. The SMILES string of the molecule is CN1CCN(Cc2cc(C(=O)O)ccc2F)CC1=O. The first-order valence-corrected chi connectivity index (χ1v) is 5.95. The van der Waals surface area contributed by atoms with E-state index >= 15 is 0 Å². The van der Waals surface area contributed by atoms with Crippen molar-refractivity contribution in [1.29, 1.82) is 0 Å². The summed E-state index contributed by atoms with van der Waals surface area (Å²) in [5, 5.41) is 8.89. The molecule has 1 aliphatic rings. The normalized spacial score (nSPS) is 16.7. The number of hydrogen-bond donors (Lipinski definition) is 1. The summed E-state index contributed by atoms with van der Waals surface area (Å²) in [6.07, 6.45) is 0. The fraction of sp³-hybridized carbons (Fsp3) is 0.385. The number of likely N-dealkylation sites (N-methyl/N-ethyl adjacent to an activating group) is 1. The van der Waals surface area contributed by atoms with E-state index < -0.39 is 11.8 Å². The summed E-state index contributed by atoms with van der Waals surface area (Å²) in [6, 6.07) is 3.70. The van der Waals surface area contributed by atoms with Crippen molar-refractivity contribution in [3.63, 3.8) is 0 Å². The topological polar surface area (TPSA) is 60.9 Å². The molecule has 102 valence electrons. The molecule has 1 amide bonds. The highest BCUT2D eigenvalue weighted by Gasteiger charge is 2.22. The minimum atomic E-state index is -1.09. The van der Waals surface area contributed by atoms with E-state index in [1.165, 1.54) is 12.1 Å². The van der Waals surface area contributed by atoms with Crippen LogP contribution in [-0.4, -0.2) is 53.5 Å². The fourth-order valence-electron chi connectivity index (χ4n) is 2.01. The van der Waals surface area contributed by atoms with Crippen LogP contribution in [0.2, 0.25) is 0 Å². The van der Waals surface area contributed by atoms with Gasteiger partial charge in [0.2, 0.25) is 5.91 Å². The lowest BCUT2D eigenvalue weighted by Crippen LogP contribution is -2.48. The quantitative estimate of drug-likeness (QED) is 0.879. The van der Waals surface area contributed by atoms with E-state index in [4.69, 9.17) is 5.11 Å². The number of halogens is 1. The van der Waals surface area contributed by atoms with Gasteiger partial charge in [0.05, 0.1) is 12.1 Å². The van der Waals surface area contributed by atoms with E-state index in [0.29, 0.717) is 18.7 Å². The zero-order valence-corrected chi connectivity index (χ0v) is 10.6. The molecule has 1 aromatic rings. The summed E-state index contributed by atoms with van der Waals surface area (Å²) >= 11 is 0. The molecular weight excluding hydrogens is 251 g/mol. The molecule has 1 aromatic carbocycles. The third-order valence-electron chi connectivity index (χ3n) is 3.22. The Morgan fingerprint density at radius 1 is 1.42 bits per heavy atom. The molecular formula is C13H15FN2O3. The van der Waals surface area contributed by atoms with Crippen molar-refractivity contribution in [2.45, 2.75) is 6.54 Å². The molecule has 6 heteroatoms. The highest BCUT2D eigenvalue weighted by atomic mass is 19.1. The van der Waals surface area contributed by atoms with Crippen molar-refractivity contribution < 1.29 is 19.1 Å². The Hall–Kier alpha value is -1.95. The largest absolute Gasteiger partial charge is 0.478 e. The molecule has 0 spiro atoms. The third kappa shape index (κ3) is 3.08. The van der Waals surface area contributed by atoms with Gasteiger partial charge in [0.15, 0.2) is 0 Å². The molecule has 0 bridgehead atoms. The van der Waals surface area contributed by atoms with Gasteiger partial charge in [-0.05, 0) is 18.2 Å². The van der Waals surface area contributed by atoms with Crippen LogP contribution >= 0.6 is 0 Å². The van der Waals surface area contributed by atoms with Crippen LogP contribution in [0.1, 0.15) is 15.9 Å². The van der Waals surface area contributed by atoms with E-state index in [1.807, 2.05) is 4.90 Å². The Morgan fingerprint density at radius 2 is 2.16 bits per heavy atom. The molecule has 5 nitrogen and oxygen atoms in total. The summed E-state index contributed by atoms with van der Waals surface area (Å²) in [5.74, 6) is -1.55. The molecule has 0 radical (unpaired) electrons. The Bertz CT molecular complexity index is 519. The summed E-state index contributed by atoms with van der Waals surface area (Å²) < 4.78 is 13.6. The van der Waals surface area contributed by atoms with Gasteiger partial charge in [0.1, 0.15) is 5.82 Å². The molecule has 0 unspecified atom stereocenters. The second kappa shape index (κ2) is 5.36. The average molecular weight is 266 g/mol. The number of carbonyl (C=O) groups is 2. The Labute approximate surface area is 110 Å². The lowest BCUT2D eigenvalue weighted by atomic mass is 10.1. The monoisotopic (exact) mass is 266 g/mol. The Balaban J connectivity index is 2.12. The van der Waals surface area contributed by atoms with E-state index in [2.05, 4.69) is 0 Å². The molecule has 0 atom stereocenters. The van der Waals surface area contributed by atoms with Crippen LogP contribution in [0.25, 0.3) is 0 Å². The number of nitrogens with zero attached hydrogens (tertiary/aromatic N) is 2. The number of carboxylic acids is 1. The zero-order valence-electron chi connectivity index (χ0n) is 10.6. The van der Waals surface area contributed by atoms with E-state index in [0.717, 1.165) is 6.07 Å². The second-order valence-electron chi connectivity index (χ2n) is 4.64. The number of benzene rings is 1. The molecule has 2 rings (SSSR count). The zero-order chi connectivity index (χ0) is 14.0. The first-order chi connectivity index (χ1) is 8.97. The third-order valence-corrected chi connectivity index (χ3v) is 3.22. The molecule has 19 heavy (non-hydrogen) atoms. The number of rotatable bonds is 3. The van der Waals surface area contributed by atoms with Gasteiger partial charge in [-0.25, -0.2) is 9.18 Å². The minimum absolute atomic E-state index is 0.0129. The van der Waals surface area contributed by atoms with Crippen molar-refractivity contribution >= 4 is 11.9 Å². The maximum absolute atomic E-state index is 13.6. The van der Waals surface area contributed by atoms with Crippen LogP contribution in [0.3, 0.4) is 0 Å². The molecule has 0 aliphatic carbocycles. The van der Waals surface area contributed by atoms with Crippen LogP contribution in [0.5, 0.6) is 0 Å². The lowest BCUT2D eigenvalue weighted by Gasteiger charge is -2.32. The Morgan fingerprint density at radius 3 is 2.79 bits per heavy atom. The Kier molecular flexibility index (Phi) is 3.80. The van der Waals surface area contributed by atoms with Crippen molar-refractivity contribution in [2.24, 2.45) is 0 Å². The van der Waals surface area contributed by atoms with E-state index in [1.54, 1.807) is 11.9 Å². The first kappa shape index (κ1) is 13.5. The molecule has 1 saturated heterocycles. The molecule has 0 aromatic heterocycles. The van der Waals surface area contributed by atoms with E-state index in [-0.39, 0.29) is 24.6 Å². The van der Waals surface area contributed by atoms with Crippen molar-refractivity contribution in [2.75, 3.05) is 26.7 Å². The average Bonchev–Trinajstić information content (AvgIpc) is 2.36. The molecule has 1 N–H and O–H groups in total. The van der Waals surface area contributed by atoms with Gasteiger partial charge in [0.25, 0.3) is 0 Å². The number of piperazine rings is 1. The van der Waals surface area contributed by atoms with Gasteiger partial charge >= 0.3 is 5.97 Å². The molecule has 1 aliphatic heterocycles.